The summed E-state index contributed by atoms with van der Waals surface area (Å²) in [6.45, 7) is 0.866. The smallest absolute Gasteiger partial charge is 1.00 e. The van der Waals surface area contributed by atoms with Gasteiger partial charge in [0, 0.05) is 19.0 Å². The summed E-state index contributed by atoms with van der Waals surface area (Å²) < 4.78 is 4.75. The van der Waals surface area contributed by atoms with E-state index in [-0.39, 0.29) is 25.9 Å². The van der Waals surface area contributed by atoms with Crippen LogP contribution in [0.25, 0.3) is 0 Å². The van der Waals surface area contributed by atoms with Crippen LogP contribution in [0.15, 0.2) is 0 Å². The third-order valence-corrected chi connectivity index (χ3v) is 1.04. The molecule has 0 saturated carbocycles. The van der Waals surface area contributed by atoms with Crippen molar-refractivity contribution in [2.45, 2.75) is 6.42 Å². The molecule has 0 atom stereocenters. The molecule has 0 spiro atoms. The fraction of sp³-hybridized carbons (Fsp3) is 1.00. The zero-order valence-corrected chi connectivity index (χ0v) is 7.61. The van der Waals surface area contributed by atoms with Crippen LogP contribution >= 0.6 is 15.9 Å². The fourth-order valence-electron chi connectivity index (χ4n) is 0.199. The molecule has 1 nitrogen and oxygen atoms in total. The Morgan fingerprint density at radius 3 is 2.43 bits per heavy atom. The standard InChI is InChI=1S/C4H9BrO.Mg.2H/c1-6-4-2-3-5;;;/h2-4H2,1H3;;;/q;+2;2*-1. The predicted molar refractivity (Wildman–Crippen MR) is 38.3 cm³/mol. The van der Waals surface area contributed by atoms with Crippen molar-refractivity contribution < 1.29 is 7.59 Å². The van der Waals surface area contributed by atoms with Crippen LogP contribution in [-0.2, 0) is 4.74 Å². The van der Waals surface area contributed by atoms with Gasteiger partial charge in [-0.3, -0.25) is 0 Å². The molecular weight excluding hydrogens is 168 g/mol. The molecule has 0 bridgehead atoms. The van der Waals surface area contributed by atoms with Crippen LogP contribution in [0.5, 0.6) is 0 Å². The third-order valence-electron chi connectivity index (χ3n) is 0.482. The van der Waals surface area contributed by atoms with Gasteiger partial charge in [-0.2, -0.15) is 0 Å². The Morgan fingerprint density at radius 2 is 2.29 bits per heavy atom. The number of rotatable bonds is 3. The molecule has 3 heteroatoms. The Balaban J connectivity index is -0.0000000417. The molecular formula is C4H11BrMgO. The summed E-state index contributed by atoms with van der Waals surface area (Å²) in [5, 5.41) is 1.04. The van der Waals surface area contributed by atoms with Crippen LogP contribution in [0.3, 0.4) is 0 Å². The van der Waals surface area contributed by atoms with Crippen molar-refractivity contribution >= 4 is 39.0 Å². The summed E-state index contributed by atoms with van der Waals surface area (Å²) in [4.78, 5) is 0. The Morgan fingerprint density at radius 1 is 1.71 bits per heavy atom. The first kappa shape index (κ1) is 11.1. The summed E-state index contributed by atoms with van der Waals surface area (Å²) in [6, 6.07) is 0. The van der Waals surface area contributed by atoms with E-state index >= 15 is 0 Å². The minimum absolute atomic E-state index is 0. The van der Waals surface area contributed by atoms with Crippen molar-refractivity contribution in [2.75, 3.05) is 19.0 Å². The molecule has 0 heterocycles. The van der Waals surface area contributed by atoms with E-state index in [9.17, 15) is 0 Å². The average molecular weight is 179 g/mol. The van der Waals surface area contributed by atoms with Gasteiger partial charge >= 0.3 is 23.1 Å². The maximum atomic E-state index is 4.75. The zero-order chi connectivity index (χ0) is 4.83. The Hall–Kier alpha value is 1.21. The molecule has 0 aliphatic rings. The van der Waals surface area contributed by atoms with Crippen LogP contribution in [0, 0.1) is 0 Å². The van der Waals surface area contributed by atoms with Gasteiger partial charge in [0.25, 0.3) is 0 Å². The fourth-order valence-corrected chi connectivity index (χ4v) is 0.428. The largest absolute Gasteiger partial charge is 2.00 e. The minimum Gasteiger partial charge on any atom is -1.00 e. The number of halogens is 1. The van der Waals surface area contributed by atoms with E-state index < -0.39 is 0 Å². The molecule has 0 aromatic rings. The van der Waals surface area contributed by atoms with Gasteiger partial charge in [-0.25, -0.2) is 0 Å². The van der Waals surface area contributed by atoms with Crippen molar-refractivity contribution in [1.29, 1.82) is 0 Å². The monoisotopic (exact) mass is 178 g/mol. The molecule has 0 amide bonds. The summed E-state index contributed by atoms with van der Waals surface area (Å²) in [5.74, 6) is 0. The Kier molecular flexibility index (Phi) is 16.2. The number of hydrogen-bond acceptors (Lipinski definition) is 1. The van der Waals surface area contributed by atoms with Gasteiger partial charge in [0.1, 0.15) is 0 Å². The SMILES string of the molecule is COCCCBr.[H-].[H-].[Mg+2]. The van der Waals surface area contributed by atoms with Crippen LogP contribution in [0.1, 0.15) is 9.27 Å². The van der Waals surface area contributed by atoms with Crippen LogP contribution in [-0.4, -0.2) is 42.1 Å². The van der Waals surface area contributed by atoms with Crippen molar-refractivity contribution in [1.82, 2.24) is 0 Å². The summed E-state index contributed by atoms with van der Waals surface area (Å²) in [7, 11) is 1.71. The third kappa shape index (κ3) is 11.0. The van der Waals surface area contributed by atoms with Crippen molar-refractivity contribution in [3.05, 3.63) is 0 Å². The molecule has 0 aromatic heterocycles. The van der Waals surface area contributed by atoms with E-state index in [2.05, 4.69) is 15.9 Å². The Bertz CT molecular complexity index is 30.5. The molecule has 0 radical (unpaired) electrons. The van der Waals surface area contributed by atoms with Gasteiger partial charge in [0.15, 0.2) is 0 Å². The molecule has 0 aliphatic heterocycles. The Labute approximate surface area is 72.1 Å². The maximum absolute atomic E-state index is 4.75. The molecule has 0 aliphatic carbocycles. The van der Waals surface area contributed by atoms with Gasteiger partial charge < -0.3 is 7.59 Å². The summed E-state index contributed by atoms with van der Waals surface area (Å²) >= 11 is 3.27. The van der Waals surface area contributed by atoms with Gasteiger partial charge in [0.2, 0.25) is 0 Å². The second-order valence-corrected chi connectivity index (χ2v) is 1.83. The molecule has 0 unspecified atom stereocenters. The van der Waals surface area contributed by atoms with Gasteiger partial charge in [-0.1, -0.05) is 15.9 Å². The van der Waals surface area contributed by atoms with E-state index in [1.54, 1.807) is 7.11 Å². The maximum Gasteiger partial charge on any atom is 2.00 e. The molecule has 0 fully saturated rings. The second-order valence-electron chi connectivity index (χ2n) is 1.04. The van der Waals surface area contributed by atoms with Gasteiger partial charge in [0.05, 0.1) is 0 Å². The summed E-state index contributed by atoms with van der Waals surface area (Å²) in [6.07, 6.45) is 1.11. The van der Waals surface area contributed by atoms with E-state index in [1.807, 2.05) is 0 Å². The quantitative estimate of drug-likeness (QED) is 0.360. The van der Waals surface area contributed by atoms with Crippen LogP contribution in [0.2, 0.25) is 0 Å². The predicted octanol–water partition coefficient (Wildman–Crippen LogP) is 1.26. The first-order valence-corrected chi connectivity index (χ1v) is 3.09. The van der Waals surface area contributed by atoms with Crippen LogP contribution in [0.4, 0.5) is 0 Å². The molecule has 0 saturated heterocycles. The summed E-state index contributed by atoms with van der Waals surface area (Å²) in [5.41, 5.74) is 0. The van der Waals surface area contributed by atoms with Crippen molar-refractivity contribution in [3.8, 4) is 0 Å². The normalized spacial score (nSPS) is 7.71. The molecule has 0 N–H and O–H groups in total. The first-order chi connectivity index (χ1) is 2.91. The van der Waals surface area contributed by atoms with Gasteiger partial charge in [-0.15, -0.1) is 0 Å². The van der Waals surface area contributed by atoms with E-state index in [0.29, 0.717) is 0 Å². The zero-order valence-electron chi connectivity index (χ0n) is 6.61. The van der Waals surface area contributed by atoms with Gasteiger partial charge in [-0.05, 0) is 6.42 Å². The van der Waals surface area contributed by atoms with Crippen molar-refractivity contribution in [2.24, 2.45) is 0 Å². The average Bonchev–Trinajstić information content (AvgIpc) is 1.61. The number of methoxy groups -OCH3 is 1. The second kappa shape index (κ2) is 10.2. The molecule has 0 rings (SSSR count). The number of alkyl halides is 1. The first-order valence-electron chi connectivity index (χ1n) is 1.96. The molecule has 7 heavy (non-hydrogen) atoms. The van der Waals surface area contributed by atoms with E-state index in [4.69, 9.17) is 4.74 Å². The van der Waals surface area contributed by atoms with Crippen molar-refractivity contribution in [3.63, 3.8) is 0 Å². The van der Waals surface area contributed by atoms with Crippen LogP contribution < -0.4 is 0 Å². The molecule has 42 valence electrons. The number of hydrogen-bond donors (Lipinski definition) is 0. The number of ether oxygens (including phenoxy) is 1. The van der Waals surface area contributed by atoms with E-state index in [0.717, 1.165) is 18.4 Å². The van der Waals surface area contributed by atoms with E-state index in [1.165, 1.54) is 0 Å². The topological polar surface area (TPSA) is 9.23 Å². The molecule has 0 aromatic carbocycles. The minimum atomic E-state index is 0.